The average Bonchev–Trinajstić information content (AvgIpc) is 2.86. The lowest BCUT2D eigenvalue weighted by atomic mass is 9.76. The van der Waals surface area contributed by atoms with E-state index in [0.717, 1.165) is 37.8 Å². The second-order valence-electron chi connectivity index (χ2n) is 7.29. The number of anilines is 1. The topological polar surface area (TPSA) is 92.3 Å². The molecule has 1 aliphatic heterocycles. The Hall–Kier alpha value is -1.69. The third-order valence-corrected chi connectivity index (χ3v) is 5.33. The quantitative estimate of drug-likeness (QED) is 0.869. The molecule has 126 valence electrons. The molecule has 1 aromatic heterocycles. The van der Waals surface area contributed by atoms with Gasteiger partial charge in [-0.1, -0.05) is 20.3 Å². The molecule has 0 bridgehead atoms. The van der Waals surface area contributed by atoms with Crippen molar-refractivity contribution < 1.29 is 9.90 Å². The zero-order valence-corrected chi connectivity index (χ0v) is 14.0. The van der Waals surface area contributed by atoms with Crippen molar-refractivity contribution in [1.82, 2.24) is 14.9 Å². The van der Waals surface area contributed by atoms with Crippen LogP contribution >= 0.6 is 0 Å². The summed E-state index contributed by atoms with van der Waals surface area (Å²) < 4.78 is 0. The number of nitrogen functional groups attached to an aromatic ring is 1. The Morgan fingerprint density at radius 1 is 1.39 bits per heavy atom. The number of rotatable bonds is 2. The third kappa shape index (κ3) is 3.04. The highest BCUT2D eigenvalue weighted by Crippen LogP contribution is 2.45. The largest absolute Gasteiger partial charge is 0.392 e. The maximum atomic E-state index is 12.9. The molecule has 2 fully saturated rings. The Kier molecular flexibility index (Phi) is 4.27. The number of hydrogen-bond acceptors (Lipinski definition) is 5. The van der Waals surface area contributed by atoms with Crippen LogP contribution in [0.3, 0.4) is 0 Å². The van der Waals surface area contributed by atoms with Gasteiger partial charge in [0.25, 0.3) is 5.91 Å². The molecule has 0 aromatic carbocycles. The fraction of sp³-hybridized carbons (Fsp3) is 0.706. The number of aliphatic hydroxyl groups is 1. The second kappa shape index (κ2) is 6.07. The van der Waals surface area contributed by atoms with Gasteiger partial charge in [0.15, 0.2) is 0 Å². The number of aromatic nitrogens is 2. The van der Waals surface area contributed by atoms with Gasteiger partial charge in [-0.3, -0.25) is 4.79 Å². The van der Waals surface area contributed by atoms with Crippen molar-refractivity contribution in [1.29, 1.82) is 0 Å². The first-order valence-corrected chi connectivity index (χ1v) is 8.53. The molecule has 23 heavy (non-hydrogen) atoms. The van der Waals surface area contributed by atoms with Crippen LogP contribution in [0.4, 0.5) is 5.95 Å². The molecule has 1 spiro atoms. The molecule has 6 heteroatoms. The standard InChI is InChI=1S/C17H26N4O2/c1-11(2)12-9-13(20-16(18)19-12)15(23)21-8-4-7-17(10-21)6-3-5-14(17)22/h9,11,14,22H,3-8,10H2,1-2H3,(H2,18,19,20)/t14-,17-/m1/s1. The molecule has 1 saturated heterocycles. The monoisotopic (exact) mass is 318 g/mol. The van der Waals surface area contributed by atoms with E-state index >= 15 is 0 Å². The van der Waals surface area contributed by atoms with Gasteiger partial charge in [0.05, 0.1) is 6.10 Å². The summed E-state index contributed by atoms with van der Waals surface area (Å²) in [6.07, 6.45) is 4.53. The molecule has 3 rings (SSSR count). The van der Waals surface area contributed by atoms with E-state index < -0.39 is 0 Å². The Bertz CT molecular complexity index is 604. The van der Waals surface area contributed by atoms with E-state index in [-0.39, 0.29) is 29.3 Å². The van der Waals surface area contributed by atoms with Crippen molar-refractivity contribution in [2.24, 2.45) is 5.41 Å². The van der Waals surface area contributed by atoms with E-state index in [1.807, 2.05) is 18.7 Å². The Morgan fingerprint density at radius 3 is 2.78 bits per heavy atom. The lowest BCUT2D eigenvalue weighted by molar-refractivity contribution is -0.00556. The third-order valence-electron chi connectivity index (χ3n) is 5.33. The number of likely N-dealkylation sites (tertiary alicyclic amines) is 1. The summed E-state index contributed by atoms with van der Waals surface area (Å²) >= 11 is 0. The molecule has 2 heterocycles. The van der Waals surface area contributed by atoms with E-state index in [2.05, 4.69) is 9.97 Å². The molecule has 1 amide bonds. The molecule has 2 aliphatic rings. The predicted octanol–water partition coefficient (Wildman–Crippen LogP) is 1.95. The van der Waals surface area contributed by atoms with Crippen molar-refractivity contribution in [3.8, 4) is 0 Å². The summed E-state index contributed by atoms with van der Waals surface area (Å²) in [6.45, 7) is 5.36. The van der Waals surface area contributed by atoms with Crippen molar-refractivity contribution in [3.63, 3.8) is 0 Å². The van der Waals surface area contributed by atoms with Crippen LogP contribution in [0.2, 0.25) is 0 Å². The minimum absolute atomic E-state index is 0.0980. The zero-order valence-electron chi connectivity index (χ0n) is 14.0. The number of aliphatic hydroxyl groups excluding tert-OH is 1. The molecule has 0 unspecified atom stereocenters. The Morgan fingerprint density at radius 2 is 2.13 bits per heavy atom. The molecule has 1 aromatic rings. The number of amides is 1. The summed E-state index contributed by atoms with van der Waals surface area (Å²) in [4.78, 5) is 23.0. The first kappa shape index (κ1) is 16.2. The van der Waals surface area contributed by atoms with Crippen LogP contribution in [-0.2, 0) is 0 Å². The Balaban J connectivity index is 1.83. The van der Waals surface area contributed by atoms with Crippen molar-refractivity contribution in [2.45, 2.75) is 58.0 Å². The molecule has 1 aliphatic carbocycles. The SMILES string of the molecule is CC(C)c1cc(C(=O)N2CCC[C@]3(CCC[C@H]3O)C2)nc(N)n1. The van der Waals surface area contributed by atoms with Crippen molar-refractivity contribution in [3.05, 3.63) is 17.5 Å². The highest BCUT2D eigenvalue weighted by atomic mass is 16.3. The number of nitrogens with zero attached hydrogens (tertiary/aromatic N) is 3. The highest BCUT2D eigenvalue weighted by Gasteiger charge is 2.45. The predicted molar refractivity (Wildman–Crippen MR) is 88.0 cm³/mol. The number of nitrogens with two attached hydrogens (primary N) is 1. The first-order chi connectivity index (χ1) is 10.9. The summed E-state index contributed by atoms with van der Waals surface area (Å²) in [7, 11) is 0. The van der Waals surface area contributed by atoms with E-state index in [4.69, 9.17) is 5.73 Å². The van der Waals surface area contributed by atoms with Crippen molar-refractivity contribution in [2.75, 3.05) is 18.8 Å². The van der Waals surface area contributed by atoms with E-state index in [1.54, 1.807) is 6.07 Å². The molecular weight excluding hydrogens is 292 g/mol. The van der Waals surface area contributed by atoms with Gasteiger partial charge in [-0.25, -0.2) is 9.97 Å². The number of hydrogen-bond donors (Lipinski definition) is 2. The van der Waals surface area contributed by atoms with Gasteiger partial charge in [0, 0.05) is 24.2 Å². The van der Waals surface area contributed by atoms with Gasteiger partial charge in [-0.05, 0) is 37.7 Å². The van der Waals surface area contributed by atoms with E-state index in [1.165, 1.54) is 0 Å². The summed E-state index contributed by atoms with van der Waals surface area (Å²) in [5, 5.41) is 10.4. The van der Waals surface area contributed by atoms with Crippen LogP contribution in [0.15, 0.2) is 6.07 Å². The minimum atomic E-state index is -0.292. The van der Waals surface area contributed by atoms with Crippen LogP contribution < -0.4 is 5.73 Å². The van der Waals surface area contributed by atoms with Gasteiger partial charge < -0.3 is 15.7 Å². The van der Waals surface area contributed by atoms with Gasteiger partial charge >= 0.3 is 0 Å². The maximum Gasteiger partial charge on any atom is 0.272 e. The fourth-order valence-corrected chi connectivity index (χ4v) is 3.98. The first-order valence-electron chi connectivity index (χ1n) is 8.53. The van der Waals surface area contributed by atoms with Gasteiger partial charge in [-0.15, -0.1) is 0 Å². The van der Waals surface area contributed by atoms with Gasteiger partial charge in [0.2, 0.25) is 5.95 Å². The number of carbonyl (C=O) groups is 1. The van der Waals surface area contributed by atoms with Crippen LogP contribution in [0.25, 0.3) is 0 Å². The number of carbonyl (C=O) groups excluding carboxylic acids is 1. The molecule has 6 nitrogen and oxygen atoms in total. The average molecular weight is 318 g/mol. The summed E-state index contributed by atoms with van der Waals surface area (Å²) in [5.74, 6) is 0.238. The maximum absolute atomic E-state index is 12.9. The van der Waals surface area contributed by atoms with E-state index in [0.29, 0.717) is 18.8 Å². The number of piperidine rings is 1. The lowest BCUT2D eigenvalue weighted by Gasteiger charge is -2.42. The van der Waals surface area contributed by atoms with Crippen LogP contribution in [0, 0.1) is 5.41 Å². The second-order valence-corrected chi connectivity index (χ2v) is 7.29. The molecular formula is C17H26N4O2. The molecule has 2 atom stereocenters. The van der Waals surface area contributed by atoms with Gasteiger partial charge in [0.1, 0.15) is 5.69 Å². The molecule has 0 radical (unpaired) electrons. The normalized spacial score (nSPS) is 27.8. The highest BCUT2D eigenvalue weighted by molar-refractivity contribution is 5.92. The van der Waals surface area contributed by atoms with E-state index in [9.17, 15) is 9.90 Å². The van der Waals surface area contributed by atoms with Crippen LogP contribution in [-0.4, -0.2) is 45.1 Å². The van der Waals surface area contributed by atoms with Crippen LogP contribution in [0.5, 0.6) is 0 Å². The lowest BCUT2D eigenvalue weighted by Crippen LogP contribution is -2.49. The van der Waals surface area contributed by atoms with Crippen molar-refractivity contribution >= 4 is 11.9 Å². The summed E-state index contributed by atoms with van der Waals surface area (Å²) in [6, 6.07) is 1.75. The Labute approximate surface area is 137 Å². The zero-order chi connectivity index (χ0) is 16.6. The smallest absolute Gasteiger partial charge is 0.272 e. The molecule has 3 N–H and O–H groups in total. The summed E-state index contributed by atoms with van der Waals surface area (Å²) in [5.41, 5.74) is 6.80. The fourth-order valence-electron chi connectivity index (χ4n) is 3.98. The molecule has 1 saturated carbocycles. The minimum Gasteiger partial charge on any atom is -0.392 e. The van der Waals surface area contributed by atoms with Crippen LogP contribution in [0.1, 0.15) is 68.1 Å². The van der Waals surface area contributed by atoms with Gasteiger partial charge in [-0.2, -0.15) is 0 Å².